The topological polar surface area (TPSA) is 32.8 Å². The van der Waals surface area contributed by atoms with Crippen molar-refractivity contribution >= 4 is 5.91 Å². The lowest BCUT2D eigenvalue weighted by atomic mass is 9.74. The molecule has 0 bridgehead atoms. The van der Waals surface area contributed by atoms with E-state index in [1.165, 1.54) is 24.8 Å². The quantitative estimate of drug-likeness (QED) is 0.714. The third-order valence-electron chi connectivity index (χ3n) is 7.59. The predicted molar refractivity (Wildman–Crippen MR) is 112 cm³/mol. The Morgan fingerprint density at radius 1 is 1.18 bits per heavy atom. The Labute approximate surface area is 170 Å². The van der Waals surface area contributed by atoms with Gasteiger partial charge in [0.15, 0.2) is 0 Å². The number of amides is 1. The van der Waals surface area contributed by atoms with Crippen LogP contribution in [0.3, 0.4) is 0 Å². The van der Waals surface area contributed by atoms with E-state index in [4.69, 9.17) is 4.74 Å². The van der Waals surface area contributed by atoms with Crippen molar-refractivity contribution in [1.29, 1.82) is 0 Å². The van der Waals surface area contributed by atoms with Gasteiger partial charge in [0, 0.05) is 20.2 Å². The standard InChI is InChI=1S/C24H36N2O2/c1-25-14-6-9-22(25)23(27)26-15-12-24(13-16-26,18-28-2)11-10-20-17-21(20)19-7-4-3-5-8-19/h3-5,7-8,20-22H,6,9-18H2,1-2H3/t20-,21?,22+/m1/s1. The first kappa shape index (κ1) is 19.9. The first-order chi connectivity index (χ1) is 13.6. The molecule has 4 heteroatoms. The van der Waals surface area contributed by atoms with Crippen molar-refractivity contribution < 1.29 is 9.53 Å². The van der Waals surface area contributed by atoms with Gasteiger partial charge in [0.2, 0.25) is 5.91 Å². The zero-order chi connectivity index (χ0) is 19.6. The first-order valence-electron chi connectivity index (χ1n) is 11.1. The number of hydrogen-bond donors (Lipinski definition) is 0. The minimum absolute atomic E-state index is 0.119. The number of piperidine rings is 1. The second-order valence-corrected chi connectivity index (χ2v) is 9.45. The minimum Gasteiger partial charge on any atom is -0.384 e. The molecule has 0 aromatic heterocycles. The molecule has 1 unspecified atom stereocenters. The minimum atomic E-state index is 0.119. The van der Waals surface area contributed by atoms with Crippen LogP contribution in [0, 0.1) is 11.3 Å². The summed E-state index contributed by atoms with van der Waals surface area (Å²) in [6.45, 7) is 3.70. The van der Waals surface area contributed by atoms with Gasteiger partial charge >= 0.3 is 0 Å². The molecule has 1 amide bonds. The Hall–Kier alpha value is -1.39. The third-order valence-corrected chi connectivity index (χ3v) is 7.59. The van der Waals surface area contributed by atoms with Crippen molar-refractivity contribution in [2.45, 2.75) is 56.9 Å². The Morgan fingerprint density at radius 2 is 1.93 bits per heavy atom. The normalized spacial score (nSPS) is 29.8. The summed E-state index contributed by atoms with van der Waals surface area (Å²) in [4.78, 5) is 17.3. The fraction of sp³-hybridized carbons (Fsp3) is 0.708. The highest BCUT2D eigenvalue weighted by Crippen LogP contribution is 2.52. The molecule has 0 N–H and O–H groups in total. The summed E-state index contributed by atoms with van der Waals surface area (Å²) in [5.41, 5.74) is 1.77. The van der Waals surface area contributed by atoms with Crippen LogP contribution in [0.15, 0.2) is 30.3 Å². The van der Waals surface area contributed by atoms with Crippen LogP contribution in [0.1, 0.15) is 56.4 Å². The number of nitrogens with zero attached hydrogens (tertiary/aromatic N) is 2. The number of benzene rings is 1. The van der Waals surface area contributed by atoms with Crippen molar-refractivity contribution in [1.82, 2.24) is 9.80 Å². The molecule has 3 fully saturated rings. The van der Waals surface area contributed by atoms with E-state index in [0.29, 0.717) is 5.91 Å². The van der Waals surface area contributed by atoms with Crippen LogP contribution in [-0.2, 0) is 9.53 Å². The van der Waals surface area contributed by atoms with Crippen LogP contribution in [0.2, 0.25) is 0 Å². The van der Waals surface area contributed by atoms with Crippen molar-refractivity contribution in [3.8, 4) is 0 Å². The van der Waals surface area contributed by atoms with Gasteiger partial charge in [-0.15, -0.1) is 0 Å². The zero-order valence-electron chi connectivity index (χ0n) is 17.6. The van der Waals surface area contributed by atoms with Gasteiger partial charge in [0.05, 0.1) is 12.6 Å². The molecule has 3 aliphatic rings. The number of ether oxygens (including phenoxy) is 1. The lowest BCUT2D eigenvalue weighted by Gasteiger charge is -2.42. The maximum absolute atomic E-state index is 12.9. The van der Waals surface area contributed by atoms with Crippen molar-refractivity contribution in [3.05, 3.63) is 35.9 Å². The molecule has 3 atom stereocenters. The molecule has 1 saturated carbocycles. The van der Waals surface area contributed by atoms with Gasteiger partial charge in [-0.05, 0) is 81.4 Å². The number of rotatable bonds is 7. The number of hydrogen-bond acceptors (Lipinski definition) is 3. The maximum atomic E-state index is 12.9. The molecule has 2 saturated heterocycles. The number of likely N-dealkylation sites (N-methyl/N-ethyl adjacent to an activating group) is 1. The van der Waals surface area contributed by atoms with E-state index in [2.05, 4.69) is 47.2 Å². The van der Waals surface area contributed by atoms with Gasteiger partial charge in [-0.25, -0.2) is 0 Å². The molecule has 1 aromatic rings. The van der Waals surface area contributed by atoms with E-state index in [9.17, 15) is 4.79 Å². The average molecular weight is 385 g/mol. The highest BCUT2D eigenvalue weighted by atomic mass is 16.5. The number of carbonyl (C=O) groups is 1. The lowest BCUT2D eigenvalue weighted by Crippen LogP contribution is -2.50. The van der Waals surface area contributed by atoms with Crippen molar-refractivity contribution in [3.63, 3.8) is 0 Å². The molecule has 1 aliphatic carbocycles. The average Bonchev–Trinajstić information content (AvgIpc) is 3.39. The molecule has 0 radical (unpaired) electrons. The van der Waals surface area contributed by atoms with E-state index in [1.807, 2.05) is 7.11 Å². The second-order valence-electron chi connectivity index (χ2n) is 9.45. The fourth-order valence-corrected chi connectivity index (χ4v) is 5.57. The van der Waals surface area contributed by atoms with Gasteiger partial charge < -0.3 is 9.64 Å². The predicted octanol–water partition coefficient (Wildman–Crippen LogP) is 3.92. The Morgan fingerprint density at radius 3 is 2.57 bits per heavy atom. The smallest absolute Gasteiger partial charge is 0.239 e. The fourth-order valence-electron chi connectivity index (χ4n) is 5.57. The molecule has 4 rings (SSSR count). The van der Waals surface area contributed by atoms with Crippen molar-refractivity contribution in [2.24, 2.45) is 11.3 Å². The van der Waals surface area contributed by atoms with Gasteiger partial charge in [-0.1, -0.05) is 30.3 Å². The van der Waals surface area contributed by atoms with E-state index in [1.54, 1.807) is 0 Å². The summed E-state index contributed by atoms with van der Waals surface area (Å²) < 4.78 is 5.65. The molecule has 28 heavy (non-hydrogen) atoms. The van der Waals surface area contributed by atoms with Crippen LogP contribution in [0.25, 0.3) is 0 Å². The number of carbonyl (C=O) groups excluding carboxylic acids is 1. The van der Waals surface area contributed by atoms with E-state index < -0.39 is 0 Å². The molecular weight excluding hydrogens is 348 g/mol. The molecule has 0 spiro atoms. The Bertz CT molecular complexity index is 654. The SMILES string of the molecule is COCC1(CC[C@@H]2CC2c2ccccc2)CCN(C(=O)[C@@H]2CCCN2C)CC1. The molecular formula is C24H36N2O2. The summed E-state index contributed by atoms with van der Waals surface area (Å²) in [7, 11) is 3.92. The van der Waals surface area contributed by atoms with E-state index >= 15 is 0 Å². The molecule has 154 valence electrons. The maximum Gasteiger partial charge on any atom is 0.239 e. The second kappa shape index (κ2) is 8.54. The largest absolute Gasteiger partial charge is 0.384 e. The number of likely N-dealkylation sites (tertiary alicyclic amines) is 2. The van der Waals surface area contributed by atoms with Crippen LogP contribution in [0.4, 0.5) is 0 Å². The van der Waals surface area contributed by atoms with Gasteiger partial charge in [-0.3, -0.25) is 9.69 Å². The Kier molecular flexibility index (Phi) is 6.07. The van der Waals surface area contributed by atoms with E-state index in [-0.39, 0.29) is 11.5 Å². The molecule has 2 heterocycles. The van der Waals surface area contributed by atoms with E-state index in [0.717, 1.165) is 63.8 Å². The van der Waals surface area contributed by atoms with Gasteiger partial charge in [-0.2, -0.15) is 0 Å². The first-order valence-corrected chi connectivity index (χ1v) is 11.1. The van der Waals surface area contributed by atoms with Crippen LogP contribution >= 0.6 is 0 Å². The van der Waals surface area contributed by atoms with Gasteiger partial charge in [0.25, 0.3) is 0 Å². The van der Waals surface area contributed by atoms with Crippen molar-refractivity contribution in [2.75, 3.05) is 40.4 Å². The molecule has 4 nitrogen and oxygen atoms in total. The highest BCUT2D eigenvalue weighted by Gasteiger charge is 2.42. The lowest BCUT2D eigenvalue weighted by molar-refractivity contribution is -0.138. The summed E-state index contributed by atoms with van der Waals surface area (Å²) >= 11 is 0. The third kappa shape index (κ3) is 4.28. The summed E-state index contributed by atoms with van der Waals surface area (Å²) in [5.74, 6) is 1.96. The molecule has 2 aliphatic heterocycles. The Balaban J connectivity index is 1.29. The zero-order valence-corrected chi connectivity index (χ0v) is 17.6. The summed E-state index contributed by atoms with van der Waals surface area (Å²) in [6, 6.07) is 11.1. The van der Waals surface area contributed by atoms with Gasteiger partial charge in [0.1, 0.15) is 0 Å². The number of methoxy groups -OCH3 is 1. The van der Waals surface area contributed by atoms with Crippen LogP contribution < -0.4 is 0 Å². The summed E-state index contributed by atoms with van der Waals surface area (Å²) in [6.07, 6.45) is 8.22. The summed E-state index contributed by atoms with van der Waals surface area (Å²) in [5, 5.41) is 0. The highest BCUT2D eigenvalue weighted by molar-refractivity contribution is 5.82. The molecule has 1 aromatic carbocycles. The van der Waals surface area contributed by atoms with Crippen LogP contribution in [0.5, 0.6) is 0 Å². The monoisotopic (exact) mass is 384 g/mol. The van der Waals surface area contributed by atoms with Crippen LogP contribution in [-0.4, -0.2) is 62.1 Å².